The molecule has 1 saturated heterocycles. The lowest BCUT2D eigenvalue weighted by atomic mass is 10.0. The van der Waals surface area contributed by atoms with Gasteiger partial charge in [0.2, 0.25) is 0 Å². The lowest BCUT2D eigenvalue weighted by molar-refractivity contribution is 0.000395. The van der Waals surface area contributed by atoms with Gasteiger partial charge in [-0.3, -0.25) is 4.90 Å². The Hall–Kier alpha value is -0.160. The van der Waals surface area contributed by atoms with Gasteiger partial charge in [0, 0.05) is 33.8 Å². The van der Waals surface area contributed by atoms with E-state index in [1.165, 1.54) is 0 Å². The SMILES string of the molecule is COCC1CN(C)C(COC)C1OC. The Labute approximate surface area is 86.1 Å². The lowest BCUT2D eigenvalue weighted by Crippen LogP contribution is -2.38. The molecule has 0 saturated carbocycles. The van der Waals surface area contributed by atoms with Gasteiger partial charge < -0.3 is 14.2 Å². The van der Waals surface area contributed by atoms with Crippen LogP contribution in [0.4, 0.5) is 0 Å². The Morgan fingerprint density at radius 3 is 2.29 bits per heavy atom. The monoisotopic (exact) mass is 203 g/mol. The van der Waals surface area contributed by atoms with Crippen molar-refractivity contribution in [3.63, 3.8) is 0 Å². The first-order chi connectivity index (χ1) is 6.74. The summed E-state index contributed by atoms with van der Waals surface area (Å²) in [7, 11) is 7.32. The molecular formula is C10H21NO3. The van der Waals surface area contributed by atoms with Crippen molar-refractivity contribution in [1.29, 1.82) is 0 Å². The predicted octanol–water partition coefficient (Wildman–Crippen LogP) is 0.224. The Morgan fingerprint density at radius 2 is 1.79 bits per heavy atom. The molecule has 1 fully saturated rings. The Morgan fingerprint density at radius 1 is 1.14 bits per heavy atom. The van der Waals surface area contributed by atoms with Gasteiger partial charge in [0.05, 0.1) is 25.4 Å². The number of nitrogens with zero attached hydrogens (tertiary/aromatic N) is 1. The number of methoxy groups -OCH3 is 3. The van der Waals surface area contributed by atoms with E-state index in [-0.39, 0.29) is 6.10 Å². The average molecular weight is 203 g/mol. The molecule has 1 rings (SSSR count). The zero-order valence-electron chi connectivity index (χ0n) is 9.53. The molecule has 0 aromatic rings. The molecule has 1 heterocycles. The van der Waals surface area contributed by atoms with Crippen LogP contribution in [-0.2, 0) is 14.2 Å². The molecule has 4 nitrogen and oxygen atoms in total. The number of likely N-dealkylation sites (tertiary alicyclic amines) is 1. The van der Waals surface area contributed by atoms with Crippen molar-refractivity contribution >= 4 is 0 Å². The van der Waals surface area contributed by atoms with Crippen LogP contribution in [0.2, 0.25) is 0 Å². The van der Waals surface area contributed by atoms with Gasteiger partial charge >= 0.3 is 0 Å². The van der Waals surface area contributed by atoms with E-state index in [1.54, 1.807) is 21.3 Å². The highest BCUT2D eigenvalue weighted by atomic mass is 16.5. The van der Waals surface area contributed by atoms with E-state index in [0.29, 0.717) is 12.0 Å². The molecular weight excluding hydrogens is 182 g/mol. The smallest absolute Gasteiger partial charge is 0.0811 e. The number of likely N-dealkylation sites (N-methyl/N-ethyl adjacent to an activating group) is 1. The van der Waals surface area contributed by atoms with E-state index in [9.17, 15) is 0 Å². The van der Waals surface area contributed by atoms with Gasteiger partial charge in [0.1, 0.15) is 0 Å². The quantitative estimate of drug-likeness (QED) is 0.640. The second-order valence-corrected chi connectivity index (χ2v) is 3.88. The lowest BCUT2D eigenvalue weighted by Gasteiger charge is -2.24. The second kappa shape index (κ2) is 5.66. The summed E-state index contributed by atoms with van der Waals surface area (Å²) in [6.07, 6.45) is 0.222. The van der Waals surface area contributed by atoms with E-state index in [1.807, 2.05) is 0 Å². The van der Waals surface area contributed by atoms with Gasteiger partial charge in [0.15, 0.2) is 0 Å². The molecule has 0 bridgehead atoms. The van der Waals surface area contributed by atoms with Crippen LogP contribution >= 0.6 is 0 Å². The molecule has 0 aliphatic carbocycles. The third-order valence-electron chi connectivity index (χ3n) is 2.92. The van der Waals surface area contributed by atoms with Gasteiger partial charge in [-0.25, -0.2) is 0 Å². The number of hydrogen-bond acceptors (Lipinski definition) is 4. The second-order valence-electron chi connectivity index (χ2n) is 3.88. The molecule has 84 valence electrons. The summed E-state index contributed by atoms with van der Waals surface area (Å²) in [6, 6.07) is 0.352. The molecule has 0 aromatic heterocycles. The normalized spacial score (nSPS) is 33.9. The Kier molecular flexibility index (Phi) is 4.81. The predicted molar refractivity (Wildman–Crippen MR) is 54.5 cm³/mol. The Bertz CT molecular complexity index is 165. The fourth-order valence-electron chi connectivity index (χ4n) is 2.28. The average Bonchev–Trinajstić information content (AvgIpc) is 2.44. The van der Waals surface area contributed by atoms with Gasteiger partial charge in [-0.15, -0.1) is 0 Å². The third kappa shape index (κ3) is 2.45. The van der Waals surface area contributed by atoms with E-state index >= 15 is 0 Å². The highest BCUT2D eigenvalue weighted by Crippen LogP contribution is 2.25. The van der Waals surface area contributed by atoms with Crippen molar-refractivity contribution in [2.75, 3.05) is 48.1 Å². The summed E-state index contributed by atoms with van der Waals surface area (Å²) in [5.41, 5.74) is 0. The van der Waals surface area contributed by atoms with Crippen molar-refractivity contribution in [3.8, 4) is 0 Å². The summed E-state index contributed by atoms with van der Waals surface area (Å²) in [5.74, 6) is 0.454. The standard InChI is InChI=1S/C10H21NO3/c1-11-5-8(6-12-2)10(14-4)9(11)7-13-3/h8-10H,5-7H2,1-4H3. The van der Waals surface area contributed by atoms with Crippen molar-refractivity contribution < 1.29 is 14.2 Å². The van der Waals surface area contributed by atoms with Crippen molar-refractivity contribution in [1.82, 2.24) is 4.90 Å². The molecule has 1 aliphatic rings. The van der Waals surface area contributed by atoms with Gasteiger partial charge in [-0.1, -0.05) is 0 Å². The van der Waals surface area contributed by atoms with Crippen LogP contribution in [0.3, 0.4) is 0 Å². The molecule has 0 spiro atoms. The van der Waals surface area contributed by atoms with Crippen molar-refractivity contribution in [2.45, 2.75) is 12.1 Å². The number of rotatable bonds is 5. The summed E-state index contributed by atoms with van der Waals surface area (Å²) < 4.78 is 15.9. The minimum Gasteiger partial charge on any atom is -0.384 e. The molecule has 0 radical (unpaired) electrons. The van der Waals surface area contributed by atoms with E-state index in [0.717, 1.165) is 19.8 Å². The summed E-state index contributed by atoms with van der Waals surface area (Å²) in [4.78, 5) is 2.28. The van der Waals surface area contributed by atoms with E-state index in [2.05, 4.69) is 11.9 Å². The van der Waals surface area contributed by atoms with Gasteiger partial charge in [-0.2, -0.15) is 0 Å². The Balaban J connectivity index is 2.57. The van der Waals surface area contributed by atoms with Crippen LogP contribution in [0, 0.1) is 5.92 Å². The number of ether oxygens (including phenoxy) is 3. The molecule has 0 N–H and O–H groups in total. The van der Waals surface area contributed by atoms with Gasteiger partial charge in [0.25, 0.3) is 0 Å². The largest absolute Gasteiger partial charge is 0.384 e. The fraction of sp³-hybridized carbons (Fsp3) is 1.00. The molecule has 0 amide bonds. The van der Waals surface area contributed by atoms with Crippen molar-refractivity contribution in [2.24, 2.45) is 5.92 Å². The molecule has 0 aromatic carbocycles. The summed E-state index contributed by atoms with van der Waals surface area (Å²) in [6.45, 7) is 2.48. The molecule has 3 unspecified atom stereocenters. The first kappa shape index (κ1) is 11.9. The zero-order valence-corrected chi connectivity index (χ0v) is 9.53. The van der Waals surface area contributed by atoms with Crippen molar-refractivity contribution in [3.05, 3.63) is 0 Å². The van der Waals surface area contributed by atoms with Crippen LogP contribution in [0.1, 0.15) is 0 Å². The summed E-state index contributed by atoms with van der Waals surface area (Å²) >= 11 is 0. The van der Waals surface area contributed by atoms with Crippen LogP contribution in [0.25, 0.3) is 0 Å². The maximum absolute atomic E-state index is 5.51. The van der Waals surface area contributed by atoms with Crippen LogP contribution in [-0.4, -0.2) is 65.2 Å². The molecule has 14 heavy (non-hydrogen) atoms. The highest BCUT2D eigenvalue weighted by molar-refractivity contribution is 4.92. The van der Waals surface area contributed by atoms with E-state index in [4.69, 9.17) is 14.2 Å². The van der Waals surface area contributed by atoms with Gasteiger partial charge in [-0.05, 0) is 7.05 Å². The summed E-state index contributed by atoms with van der Waals surface area (Å²) in [5, 5.41) is 0. The zero-order chi connectivity index (χ0) is 10.6. The molecule has 3 atom stereocenters. The maximum atomic E-state index is 5.51. The van der Waals surface area contributed by atoms with Crippen LogP contribution in [0.5, 0.6) is 0 Å². The van der Waals surface area contributed by atoms with Crippen LogP contribution < -0.4 is 0 Å². The topological polar surface area (TPSA) is 30.9 Å². The molecule has 4 heteroatoms. The fourth-order valence-corrected chi connectivity index (χ4v) is 2.28. The third-order valence-corrected chi connectivity index (χ3v) is 2.92. The first-order valence-corrected chi connectivity index (χ1v) is 4.95. The van der Waals surface area contributed by atoms with Crippen LogP contribution in [0.15, 0.2) is 0 Å². The minimum atomic E-state index is 0.222. The minimum absolute atomic E-state index is 0.222. The van der Waals surface area contributed by atoms with E-state index < -0.39 is 0 Å². The maximum Gasteiger partial charge on any atom is 0.0811 e. The molecule has 1 aliphatic heterocycles. The number of hydrogen-bond donors (Lipinski definition) is 0. The first-order valence-electron chi connectivity index (χ1n) is 4.95. The highest BCUT2D eigenvalue weighted by Gasteiger charge is 2.39.